The number of ether oxygens (including phenoxy) is 2. The molecule has 1 atom stereocenters. The summed E-state index contributed by atoms with van der Waals surface area (Å²) in [4.78, 5) is 23.3. The van der Waals surface area contributed by atoms with Gasteiger partial charge in [-0.2, -0.15) is 0 Å². The van der Waals surface area contributed by atoms with Crippen molar-refractivity contribution in [3.8, 4) is 5.75 Å². The minimum atomic E-state index is -0.825. The van der Waals surface area contributed by atoms with Crippen molar-refractivity contribution >= 4 is 35.3 Å². The molecule has 0 saturated heterocycles. The van der Waals surface area contributed by atoms with Crippen LogP contribution >= 0.6 is 23.4 Å². The van der Waals surface area contributed by atoms with E-state index in [2.05, 4.69) is 0 Å². The summed E-state index contributed by atoms with van der Waals surface area (Å²) in [5.41, 5.74) is -0.566. The van der Waals surface area contributed by atoms with Crippen LogP contribution in [-0.2, 0) is 14.3 Å². The Morgan fingerprint density at radius 2 is 1.75 bits per heavy atom. The summed E-state index contributed by atoms with van der Waals surface area (Å²) in [6, 6.07) is 6.73. The molecule has 0 aliphatic heterocycles. The quantitative estimate of drug-likeness (QED) is 0.367. The first-order valence-electron chi connectivity index (χ1n) is 5.99. The third kappa shape index (κ3) is 6.30. The van der Waals surface area contributed by atoms with Crippen molar-refractivity contribution in [2.75, 3.05) is 0 Å². The van der Waals surface area contributed by atoms with Crippen LogP contribution in [0.25, 0.3) is 0 Å². The third-order valence-corrected chi connectivity index (χ3v) is 3.31. The van der Waals surface area contributed by atoms with E-state index in [0.717, 1.165) is 4.90 Å². The van der Waals surface area contributed by atoms with E-state index in [0.29, 0.717) is 5.75 Å². The molecule has 0 heterocycles. The van der Waals surface area contributed by atoms with E-state index in [1.807, 2.05) is 0 Å². The lowest BCUT2D eigenvalue weighted by molar-refractivity contribution is -0.152. The van der Waals surface area contributed by atoms with Gasteiger partial charge in [0.1, 0.15) is 11.4 Å². The van der Waals surface area contributed by atoms with Crippen LogP contribution in [0.3, 0.4) is 0 Å². The molecule has 0 aliphatic rings. The second kappa shape index (κ2) is 6.99. The van der Waals surface area contributed by atoms with Gasteiger partial charge < -0.3 is 9.47 Å². The minimum Gasteiger partial charge on any atom is -0.458 e. The fourth-order valence-corrected chi connectivity index (χ4v) is 2.30. The maximum Gasteiger partial charge on any atom is 0.335 e. The zero-order chi connectivity index (χ0) is 15.3. The van der Waals surface area contributed by atoms with Crippen molar-refractivity contribution in [2.24, 2.45) is 0 Å². The Bertz CT molecular complexity index is 479. The predicted octanol–water partition coefficient (Wildman–Crippen LogP) is 3.61. The number of esters is 2. The molecule has 0 radical (unpaired) electrons. The summed E-state index contributed by atoms with van der Waals surface area (Å²) >= 11 is 7.17. The van der Waals surface area contributed by atoms with E-state index < -0.39 is 16.3 Å². The van der Waals surface area contributed by atoms with Crippen LogP contribution < -0.4 is 4.74 Å². The van der Waals surface area contributed by atoms with E-state index >= 15 is 0 Å². The number of carbonyl (C=O) groups is 2. The molecule has 0 aliphatic carbocycles. The van der Waals surface area contributed by atoms with Gasteiger partial charge in [-0.3, -0.25) is 4.79 Å². The van der Waals surface area contributed by atoms with E-state index in [1.54, 1.807) is 45.0 Å². The SMILES string of the molecule is CC(=O)Oc1ccc(SC(Cl)C(=O)OC(C)(C)C)cc1. The average molecular weight is 317 g/mol. The topological polar surface area (TPSA) is 52.6 Å². The normalized spacial score (nSPS) is 12.7. The molecule has 0 N–H and O–H groups in total. The minimum absolute atomic E-state index is 0.380. The Labute approximate surface area is 127 Å². The van der Waals surface area contributed by atoms with Gasteiger partial charge in [0, 0.05) is 11.8 Å². The van der Waals surface area contributed by atoms with Crippen molar-refractivity contribution in [2.45, 2.75) is 42.9 Å². The zero-order valence-electron chi connectivity index (χ0n) is 11.8. The largest absolute Gasteiger partial charge is 0.458 e. The van der Waals surface area contributed by atoms with Crippen molar-refractivity contribution in [3.05, 3.63) is 24.3 Å². The first-order valence-corrected chi connectivity index (χ1v) is 7.31. The molecular weight excluding hydrogens is 300 g/mol. The smallest absolute Gasteiger partial charge is 0.335 e. The lowest BCUT2D eigenvalue weighted by Crippen LogP contribution is -2.27. The number of halogens is 1. The highest BCUT2D eigenvalue weighted by atomic mass is 35.5. The number of hydrogen-bond acceptors (Lipinski definition) is 5. The van der Waals surface area contributed by atoms with Gasteiger partial charge in [0.2, 0.25) is 0 Å². The van der Waals surface area contributed by atoms with Crippen LogP contribution in [0.4, 0.5) is 0 Å². The molecule has 0 fully saturated rings. The molecule has 0 saturated carbocycles. The number of carbonyl (C=O) groups excluding carboxylic acids is 2. The maximum absolute atomic E-state index is 11.7. The summed E-state index contributed by atoms with van der Waals surface area (Å²) in [5, 5.41) is 0. The lowest BCUT2D eigenvalue weighted by Gasteiger charge is -2.21. The molecule has 0 spiro atoms. The second-order valence-corrected chi connectivity index (χ2v) is 6.91. The Morgan fingerprint density at radius 3 is 2.20 bits per heavy atom. The Morgan fingerprint density at radius 1 is 1.20 bits per heavy atom. The molecular formula is C14H17ClO4S. The predicted molar refractivity (Wildman–Crippen MR) is 79.1 cm³/mol. The standard InChI is InChI=1S/C14H17ClO4S/c1-9(16)18-10-5-7-11(8-6-10)20-12(15)13(17)19-14(2,3)4/h5-8,12H,1-4H3. The van der Waals surface area contributed by atoms with Gasteiger partial charge in [0.05, 0.1) is 0 Å². The number of thioether (sulfide) groups is 1. The lowest BCUT2D eigenvalue weighted by atomic mass is 10.2. The molecule has 1 aromatic rings. The number of alkyl halides is 1. The van der Waals surface area contributed by atoms with E-state index in [4.69, 9.17) is 21.1 Å². The Kier molecular flexibility index (Phi) is 5.89. The van der Waals surface area contributed by atoms with Gasteiger partial charge in [0.25, 0.3) is 0 Å². The average Bonchev–Trinajstić information content (AvgIpc) is 2.28. The van der Waals surface area contributed by atoms with Gasteiger partial charge >= 0.3 is 11.9 Å². The van der Waals surface area contributed by atoms with Crippen LogP contribution in [0, 0.1) is 0 Å². The monoisotopic (exact) mass is 316 g/mol. The van der Waals surface area contributed by atoms with E-state index in [1.165, 1.54) is 18.7 Å². The van der Waals surface area contributed by atoms with Gasteiger partial charge in [-0.05, 0) is 45.0 Å². The molecule has 110 valence electrons. The highest BCUT2D eigenvalue weighted by Crippen LogP contribution is 2.29. The van der Waals surface area contributed by atoms with Crippen molar-refractivity contribution in [3.63, 3.8) is 0 Å². The summed E-state index contributed by atoms with van der Waals surface area (Å²) in [6.45, 7) is 6.69. The van der Waals surface area contributed by atoms with Crippen molar-refractivity contribution in [1.82, 2.24) is 0 Å². The first-order chi connectivity index (χ1) is 9.17. The third-order valence-electron chi connectivity index (χ3n) is 1.92. The number of benzene rings is 1. The van der Waals surface area contributed by atoms with E-state index in [9.17, 15) is 9.59 Å². The van der Waals surface area contributed by atoms with Crippen molar-refractivity contribution < 1.29 is 19.1 Å². The van der Waals surface area contributed by atoms with Crippen LogP contribution in [0.1, 0.15) is 27.7 Å². The van der Waals surface area contributed by atoms with Gasteiger partial charge in [0.15, 0.2) is 4.71 Å². The zero-order valence-corrected chi connectivity index (χ0v) is 13.4. The van der Waals surface area contributed by atoms with Gasteiger partial charge in [-0.1, -0.05) is 23.4 Å². The first kappa shape index (κ1) is 16.9. The molecule has 4 nitrogen and oxygen atoms in total. The molecule has 1 aromatic carbocycles. The van der Waals surface area contributed by atoms with Gasteiger partial charge in [-0.25, -0.2) is 4.79 Å². The van der Waals surface area contributed by atoms with Gasteiger partial charge in [-0.15, -0.1) is 0 Å². The molecule has 20 heavy (non-hydrogen) atoms. The fourth-order valence-electron chi connectivity index (χ4n) is 1.27. The Balaban J connectivity index is 2.60. The maximum atomic E-state index is 11.7. The molecule has 0 aromatic heterocycles. The second-order valence-electron chi connectivity index (χ2n) is 5.03. The number of hydrogen-bond donors (Lipinski definition) is 0. The van der Waals surface area contributed by atoms with Crippen molar-refractivity contribution in [1.29, 1.82) is 0 Å². The van der Waals surface area contributed by atoms with E-state index in [-0.39, 0.29) is 5.97 Å². The van der Waals surface area contributed by atoms with Crippen LogP contribution in [-0.4, -0.2) is 22.2 Å². The van der Waals surface area contributed by atoms with Crippen LogP contribution in [0.2, 0.25) is 0 Å². The molecule has 1 rings (SSSR count). The summed E-state index contributed by atoms with van der Waals surface area (Å²) in [7, 11) is 0. The highest BCUT2D eigenvalue weighted by molar-refractivity contribution is 8.01. The molecule has 1 unspecified atom stereocenters. The summed E-state index contributed by atoms with van der Waals surface area (Å²) in [5.74, 6) is -0.409. The number of rotatable bonds is 4. The summed E-state index contributed by atoms with van der Waals surface area (Å²) in [6.07, 6.45) is 0. The Hall–Kier alpha value is -1.20. The highest BCUT2D eigenvalue weighted by Gasteiger charge is 2.24. The summed E-state index contributed by atoms with van der Waals surface area (Å²) < 4.78 is 9.28. The fraction of sp³-hybridized carbons (Fsp3) is 0.429. The molecule has 6 heteroatoms. The molecule has 0 bridgehead atoms. The van der Waals surface area contributed by atoms with Crippen LogP contribution in [0.15, 0.2) is 29.2 Å². The van der Waals surface area contributed by atoms with Crippen LogP contribution in [0.5, 0.6) is 5.75 Å². The molecule has 0 amide bonds.